The molecule has 1 saturated carbocycles. The van der Waals surface area contributed by atoms with Crippen LogP contribution in [0.3, 0.4) is 0 Å². The van der Waals surface area contributed by atoms with Gasteiger partial charge in [0.1, 0.15) is 0 Å². The number of hydrogen-bond donors (Lipinski definition) is 1. The molecule has 0 spiro atoms. The number of halogens is 1. The Labute approximate surface area is 135 Å². The first kappa shape index (κ1) is 14.9. The van der Waals surface area contributed by atoms with Gasteiger partial charge in [0.25, 0.3) is 0 Å². The number of amides is 2. The van der Waals surface area contributed by atoms with Crippen molar-refractivity contribution in [3.8, 4) is 0 Å². The molecule has 1 saturated heterocycles. The van der Waals surface area contributed by atoms with Crippen LogP contribution in [0.2, 0.25) is 0 Å². The highest BCUT2D eigenvalue weighted by Gasteiger charge is 2.50. The molecule has 1 N–H and O–H groups in total. The van der Waals surface area contributed by atoms with Crippen LogP contribution >= 0.6 is 15.9 Å². The second-order valence-electron chi connectivity index (χ2n) is 7.78. The van der Waals surface area contributed by atoms with Crippen molar-refractivity contribution in [1.82, 2.24) is 4.90 Å². The lowest BCUT2D eigenvalue weighted by Crippen LogP contribution is -2.40. The van der Waals surface area contributed by atoms with Crippen molar-refractivity contribution in [3.05, 3.63) is 28.7 Å². The lowest BCUT2D eigenvalue weighted by atomic mass is 9.65. The second kappa shape index (κ2) is 5.01. The number of nitrogens with one attached hydrogen (secondary N) is 1. The highest BCUT2D eigenvalue weighted by molar-refractivity contribution is 9.10. The van der Waals surface area contributed by atoms with E-state index in [-0.39, 0.29) is 11.4 Å². The first-order chi connectivity index (χ1) is 9.76. The van der Waals surface area contributed by atoms with Gasteiger partial charge in [0.2, 0.25) is 0 Å². The van der Waals surface area contributed by atoms with Gasteiger partial charge in [0.05, 0.1) is 0 Å². The molecule has 114 valence electrons. The van der Waals surface area contributed by atoms with E-state index >= 15 is 0 Å². The summed E-state index contributed by atoms with van der Waals surface area (Å²) in [7, 11) is 0. The Morgan fingerprint density at radius 3 is 2.57 bits per heavy atom. The summed E-state index contributed by atoms with van der Waals surface area (Å²) >= 11 is 3.41. The number of rotatable bonds is 1. The number of benzene rings is 1. The van der Waals surface area contributed by atoms with E-state index in [1.165, 1.54) is 6.42 Å². The predicted molar refractivity (Wildman–Crippen MR) is 89.4 cm³/mol. The van der Waals surface area contributed by atoms with E-state index in [1.54, 1.807) is 0 Å². The van der Waals surface area contributed by atoms with Gasteiger partial charge in [-0.1, -0.05) is 36.7 Å². The molecule has 2 bridgehead atoms. The fourth-order valence-electron chi connectivity index (χ4n) is 4.43. The van der Waals surface area contributed by atoms with E-state index in [2.05, 4.69) is 46.9 Å². The number of fused-ring (bicyclic) bond motifs is 2. The molecule has 2 aliphatic rings. The van der Waals surface area contributed by atoms with Gasteiger partial charge in [-0.25, -0.2) is 4.79 Å². The van der Waals surface area contributed by atoms with E-state index < -0.39 is 0 Å². The molecule has 1 aromatic carbocycles. The van der Waals surface area contributed by atoms with Gasteiger partial charge in [-0.2, -0.15) is 0 Å². The molecule has 0 radical (unpaired) electrons. The first-order valence-electron chi connectivity index (χ1n) is 7.60. The summed E-state index contributed by atoms with van der Waals surface area (Å²) in [4.78, 5) is 14.7. The number of carbonyl (C=O) groups excluding carboxylic acids is 1. The molecule has 1 aliphatic carbocycles. The zero-order valence-electron chi connectivity index (χ0n) is 12.9. The van der Waals surface area contributed by atoms with Gasteiger partial charge in [-0.05, 0) is 54.4 Å². The molecule has 1 aromatic rings. The standard InChI is InChI=1S/C17H23BrN2O/c1-16(2)8-14-9-17(3,10-16)11-20(14)15(21)19-13-6-4-12(18)5-7-13/h4-7,14H,8-11H2,1-3H3,(H,19,21). The molecule has 1 aliphatic heterocycles. The summed E-state index contributed by atoms with van der Waals surface area (Å²) in [6.45, 7) is 7.86. The summed E-state index contributed by atoms with van der Waals surface area (Å²) < 4.78 is 1.02. The third kappa shape index (κ3) is 3.10. The fourth-order valence-corrected chi connectivity index (χ4v) is 4.69. The third-order valence-electron chi connectivity index (χ3n) is 4.77. The topological polar surface area (TPSA) is 32.3 Å². The molecule has 21 heavy (non-hydrogen) atoms. The fraction of sp³-hybridized carbons (Fsp3) is 0.588. The van der Waals surface area contributed by atoms with Gasteiger partial charge < -0.3 is 10.2 Å². The van der Waals surface area contributed by atoms with Crippen molar-refractivity contribution in [1.29, 1.82) is 0 Å². The maximum Gasteiger partial charge on any atom is 0.322 e. The molecule has 0 aromatic heterocycles. The number of likely N-dealkylation sites (tertiary alicyclic amines) is 1. The quantitative estimate of drug-likeness (QED) is 0.768. The molecule has 4 heteroatoms. The molecule has 2 fully saturated rings. The zero-order chi connectivity index (χ0) is 15.3. The zero-order valence-corrected chi connectivity index (χ0v) is 14.5. The summed E-state index contributed by atoms with van der Waals surface area (Å²) in [5, 5.41) is 3.03. The maximum atomic E-state index is 12.6. The second-order valence-corrected chi connectivity index (χ2v) is 8.69. The Kier molecular flexibility index (Phi) is 3.55. The van der Waals surface area contributed by atoms with Gasteiger partial charge in [0.15, 0.2) is 0 Å². The highest BCUT2D eigenvalue weighted by atomic mass is 79.9. The Morgan fingerprint density at radius 1 is 1.24 bits per heavy atom. The monoisotopic (exact) mass is 350 g/mol. The van der Waals surface area contributed by atoms with Crippen molar-refractivity contribution in [3.63, 3.8) is 0 Å². The molecule has 3 rings (SSSR count). The van der Waals surface area contributed by atoms with Gasteiger partial charge in [0, 0.05) is 22.7 Å². The Hall–Kier alpha value is -1.03. The number of carbonyl (C=O) groups is 1. The van der Waals surface area contributed by atoms with Crippen LogP contribution in [0.1, 0.15) is 40.0 Å². The van der Waals surface area contributed by atoms with Crippen LogP contribution in [0.4, 0.5) is 10.5 Å². The molecule has 3 nitrogen and oxygen atoms in total. The van der Waals surface area contributed by atoms with E-state index in [1.807, 2.05) is 24.3 Å². The van der Waals surface area contributed by atoms with Crippen LogP contribution in [-0.2, 0) is 0 Å². The number of nitrogens with zero attached hydrogens (tertiary/aromatic N) is 1. The smallest absolute Gasteiger partial charge is 0.321 e. The van der Waals surface area contributed by atoms with Crippen LogP contribution < -0.4 is 5.32 Å². The van der Waals surface area contributed by atoms with Crippen LogP contribution in [0.15, 0.2) is 28.7 Å². The molecule has 2 amide bonds. The maximum absolute atomic E-state index is 12.6. The number of hydrogen-bond acceptors (Lipinski definition) is 1. The third-order valence-corrected chi connectivity index (χ3v) is 5.30. The van der Waals surface area contributed by atoms with Crippen molar-refractivity contribution >= 4 is 27.6 Å². The van der Waals surface area contributed by atoms with E-state index in [0.29, 0.717) is 11.5 Å². The minimum absolute atomic E-state index is 0.0451. The minimum Gasteiger partial charge on any atom is -0.321 e. The number of anilines is 1. The Balaban J connectivity index is 1.73. The molecular formula is C17H23BrN2O. The summed E-state index contributed by atoms with van der Waals surface area (Å²) in [6.07, 6.45) is 3.46. The normalized spacial score (nSPS) is 30.3. The molecule has 2 atom stereocenters. The lowest BCUT2D eigenvalue weighted by Gasteiger charge is -2.39. The van der Waals surface area contributed by atoms with Crippen LogP contribution in [0, 0.1) is 10.8 Å². The van der Waals surface area contributed by atoms with Gasteiger partial charge >= 0.3 is 6.03 Å². The van der Waals surface area contributed by atoms with Crippen LogP contribution in [0.25, 0.3) is 0 Å². The van der Waals surface area contributed by atoms with Gasteiger partial charge in [-0.3, -0.25) is 0 Å². The van der Waals surface area contributed by atoms with Crippen LogP contribution in [-0.4, -0.2) is 23.5 Å². The van der Waals surface area contributed by atoms with E-state index in [0.717, 1.165) is 29.5 Å². The Bertz CT molecular complexity index is 554. The SMILES string of the molecule is CC1(C)CC2CC(C)(CN2C(=O)Nc2ccc(Br)cc2)C1. The van der Waals surface area contributed by atoms with Gasteiger partial charge in [-0.15, -0.1) is 0 Å². The summed E-state index contributed by atoms with van der Waals surface area (Å²) in [5.41, 5.74) is 1.47. The lowest BCUT2D eigenvalue weighted by molar-refractivity contribution is 0.130. The minimum atomic E-state index is 0.0451. The highest BCUT2D eigenvalue weighted by Crippen LogP contribution is 2.52. The first-order valence-corrected chi connectivity index (χ1v) is 8.39. The molecule has 1 heterocycles. The summed E-state index contributed by atoms with van der Waals surface area (Å²) in [6, 6.07) is 8.18. The molecular weight excluding hydrogens is 328 g/mol. The molecule has 2 unspecified atom stereocenters. The van der Waals surface area contributed by atoms with E-state index in [4.69, 9.17) is 0 Å². The van der Waals surface area contributed by atoms with E-state index in [9.17, 15) is 4.79 Å². The van der Waals surface area contributed by atoms with Crippen molar-refractivity contribution in [2.45, 2.75) is 46.1 Å². The average molecular weight is 351 g/mol. The number of urea groups is 1. The Morgan fingerprint density at radius 2 is 1.90 bits per heavy atom. The van der Waals surface area contributed by atoms with Crippen LogP contribution in [0.5, 0.6) is 0 Å². The summed E-state index contributed by atoms with van der Waals surface area (Å²) in [5.74, 6) is 0. The average Bonchev–Trinajstić information content (AvgIpc) is 2.61. The van der Waals surface area contributed by atoms with Crippen molar-refractivity contribution < 1.29 is 4.79 Å². The van der Waals surface area contributed by atoms with Crippen molar-refractivity contribution in [2.24, 2.45) is 10.8 Å². The van der Waals surface area contributed by atoms with Crippen molar-refractivity contribution in [2.75, 3.05) is 11.9 Å². The largest absolute Gasteiger partial charge is 0.322 e. The predicted octanol–water partition coefficient (Wildman–Crippen LogP) is 4.88.